The molecule has 7 heteroatoms. The van der Waals surface area contributed by atoms with Crippen LogP contribution in [-0.4, -0.2) is 51.5 Å². The smallest absolute Gasteiger partial charge is 0.251 e. The third-order valence-corrected chi connectivity index (χ3v) is 10.1. The van der Waals surface area contributed by atoms with Crippen molar-refractivity contribution in [3.63, 3.8) is 0 Å². The molecule has 1 aromatic carbocycles. The standard InChI is InChI=1S/C30H43NO6/c1-30(2)24-6-5-22(35-15-33-3)14-23(24)27-25(36-16-34-4)12-21(13-26(27)37-30)29(32)31-28-19-8-17-7-18(10-19)11-20(28)9-17/h12-13,17-20,22-24,28H,5-11,14-16H2,1-4H3,(H,31,32)/t17?,18?,19?,20?,22-,23+,24+,28?/m0/s1. The molecule has 7 rings (SSSR count). The number of carbonyl (C=O) groups is 1. The SMILES string of the molecule is COCOc1cc(C(=O)NC2C3CC4CC(C3)CC2C4)cc2c1[C@@H]1C[C@@H](OCOC)CC[C@H]1C(C)(C)O2. The maximum atomic E-state index is 13.7. The van der Waals surface area contributed by atoms with Crippen molar-refractivity contribution in [2.75, 3.05) is 27.8 Å². The number of carbonyl (C=O) groups excluding carboxylic acids is 1. The minimum absolute atomic E-state index is 0.0176. The molecule has 5 aliphatic carbocycles. The van der Waals surface area contributed by atoms with Crippen LogP contribution >= 0.6 is 0 Å². The van der Waals surface area contributed by atoms with Crippen molar-refractivity contribution in [1.29, 1.82) is 0 Å². The summed E-state index contributed by atoms with van der Waals surface area (Å²) in [5.74, 6) is 4.98. The van der Waals surface area contributed by atoms with Crippen LogP contribution in [0.2, 0.25) is 0 Å². The number of nitrogens with one attached hydrogen (secondary N) is 1. The number of amides is 1. The summed E-state index contributed by atoms with van der Waals surface area (Å²) in [6.07, 6.45) is 9.48. The fourth-order valence-electron chi connectivity index (χ4n) is 8.78. The van der Waals surface area contributed by atoms with Gasteiger partial charge in [0.2, 0.25) is 0 Å². The average molecular weight is 514 g/mol. The van der Waals surface area contributed by atoms with Gasteiger partial charge in [-0.2, -0.15) is 0 Å². The molecule has 0 aromatic heterocycles. The topological polar surface area (TPSA) is 75.3 Å². The lowest BCUT2D eigenvalue weighted by molar-refractivity contribution is -0.105. The third-order valence-electron chi connectivity index (χ3n) is 10.1. The molecular formula is C30H43NO6. The van der Waals surface area contributed by atoms with E-state index in [-0.39, 0.29) is 30.3 Å². The molecule has 1 aromatic rings. The summed E-state index contributed by atoms with van der Waals surface area (Å²) >= 11 is 0. The molecule has 0 radical (unpaired) electrons. The maximum Gasteiger partial charge on any atom is 0.251 e. The highest BCUT2D eigenvalue weighted by molar-refractivity contribution is 5.95. The molecule has 0 spiro atoms. The van der Waals surface area contributed by atoms with Gasteiger partial charge in [0, 0.05) is 43.2 Å². The Morgan fingerprint density at radius 2 is 1.68 bits per heavy atom. The number of hydrogen-bond acceptors (Lipinski definition) is 6. The maximum absolute atomic E-state index is 13.7. The highest BCUT2D eigenvalue weighted by atomic mass is 16.7. The summed E-state index contributed by atoms with van der Waals surface area (Å²) in [7, 11) is 3.28. The first-order chi connectivity index (χ1) is 17.9. The predicted molar refractivity (Wildman–Crippen MR) is 139 cm³/mol. The van der Waals surface area contributed by atoms with Crippen LogP contribution in [0.1, 0.15) is 87.1 Å². The Bertz CT molecular complexity index is 980. The lowest BCUT2D eigenvalue weighted by Gasteiger charge is -2.54. The van der Waals surface area contributed by atoms with Crippen molar-refractivity contribution in [3.05, 3.63) is 23.3 Å². The second-order valence-corrected chi connectivity index (χ2v) is 12.8. The van der Waals surface area contributed by atoms with E-state index in [1.54, 1.807) is 14.2 Å². The molecular weight excluding hydrogens is 470 g/mol. The number of methoxy groups -OCH3 is 2. The number of rotatable bonds is 8. The minimum Gasteiger partial charge on any atom is -0.487 e. The van der Waals surface area contributed by atoms with Gasteiger partial charge in [0.1, 0.15) is 23.9 Å². The zero-order valence-electron chi connectivity index (χ0n) is 22.8. The predicted octanol–water partition coefficient (Wildman–Crippen LogP) is 5.27. The zero-order chi connectivity index (χ0) is 25.7. The molecule has 1 heterocycles. The summed E-state index contributed by atoms with van der Waals surface area (Å²) in [4.78, 5) is 13.7. The van der Waals surface area contributed by atoms with Gasteiger partial charge in [-0.05, 0) is 101 Å². The largest absolute Gasteiger partial charge is 0.487 e. The van der Waals surface area contributed by atoms with Crippen molar-refractivity contribution in [3.8, 4) is 11.5 Å². The van der Waals surface area contributed by atoms with Gasteiger partial charge < -0.3 is 29.0 Å². The Hall–Kier alpha value is -1.83. The summed E-state index contributed by atoms with van der Waals surface area (Å²) < 4.78 is 29.2. The van der Waals surface area contributed by atoms with Crippen LogP contribution in [0.25, 0.3) is 0 Å². The Kier molecular flexibility index (Phi) is 6.91. The molecule has 1 aliphatic heterocycles. The summed E-state index contributed by atoms with van der Waals surface area (Å²) in [6.45, 7) is 4.75. The monoisotopic (exact) mass is 513 g/mol. The molecule has 0 saturated heterocycles. The number of benzene rings is 1. The second-order valence-electron chi connectivity index (χ2n) is 12.8. The molecule has 7 nitrogen and oxygen atoms in total. The summed E-state index contributed by atoms with van der Waals surface area (Å²) in [5.41, 5.74) is 1.30. The minimum atomic E-state index is -0.348. The normalized spacial score (nSPS) is 36.9. The van der Waals surface area contributed by atoms with E-state index in [4.69, 9.17) is 23.7 Å². The van der Waals surface area contributed by atoms with E-state index in [0.717, 1.165) is 42.4 Å². The Balaban J connectivity index is 1.29. The first kappa shape index (κ1) is 25.4. The van der Waals surface area contributed by atoms with Crippen molar-refractivity contribution in [1.82, 2.24) is 5.32 Å². The van der Waals surface area contributed by atoms with Crippen LogP contribution in [0, 0.1) is 29.6 Å². The molecule has 5 saturated carbocycles. The number of hydrogen-bond donors (Lipinski definition) is 1. The lowest BCUT2D eigenvalue weighted by Crippen LogP contribution is -2.55. The molecule has 4 bridgehead atoms. The van der Waals surface area contributed by atoms with Crippen LogP contribution in [-0.2, 0) is 14.2 Å². The lowest BCUT2D eigenvalue weighted by atomic mass is 9.54. The second kappa shape index (κ2) is 10.0. The van der Waals surface area contributed by atoms with Gasteiger partial charge in [-0.25, -0.2) is 0 Å². The van der Waals surface area contributed by atoms with E-state index >= 15 is 0 Å². The quantitative estimate of drug-likeness (QED) is 0.478. The van der Waals surface area contributed by atoms with E-state index in [9.17, 15) is 4.79 Å². The number of fused-ring (bicyclic) bond motifs is 3. The van der Waals surface area contributed by atoms with Crippen molar-refractivity contribution < 1.29 is 28.5 Å². The van der Waals surface area contributed by atoms with E-state index in [1.165, 1.54) is 32.1 Å². The van der Waals surface area contributed by atoms with Crippen LogP contribution < -0.4 is 14.8 Å². The van der Waals surface area contributed by atoms with E-state index < -0.39 is 0 Å². The molecule has 6 aliphatic rings. The van der Waals surface area contributed by atoms with Gasteiger partial charge in [-0.15, -0.1) is 0 Å². The van der Waals surface area contributed by atoms with E-state index in [0.29, 0.717) is 41.9 Å². The van der Waals surface area contributed by atoms with Crippen LogP contribution in [0.5, 0.6) is 11.5 Å². The highest BCUT2D eigenvalue weighted by Crippen LogP contribution is 2.56. The van der Waals surface area contributed by atoms with E-state index in [2.05, 4.69) is 19.2 Å². The molecule has 3 atom stereocenters. The van der Waals surface area contributed by atoms with Gasteiger partial charge in [-0.3, -0.25) is 4.79 Å². The van der Waals surface area contributed by atoms with Gasteiger partial charge in [0.15, 0.2) is 6.79 Å². The highest BCUT2D eigenvalue weighted by Gasteiger charge is 2.50. The van der Waals surface area contributed by atoms with Crippen molar-refractivity contribution >= 4 is 5.91 Å². The van der Waals surface area contributed by atoms with Gasteiger partial charge in [0.25, 0.3) is 5.91 Å². The summed E-state index contributed by atoms with van der Waals surface area (Å²) in [5, 5.41) is 3.46. The van der Waals surface area contributed by atoms with Gasteiger partial charge in [-0.1, -0.05) is 0 Å². The van der Waals surface area contributed by atoms with Crippen molar-refractivity contribution in [2.24, 2.45) is 29.6 Å². The van der Waals surface area contributed by atoms with Gasteiger partial charge >= 0.3 is 0 Å². The Labute approximate surface area is 220 Å². The number of ether oxygens (including phenoxy) is 5. The first-order valence-corrected chi connectivity index (χ1v) is 14.3. The van der Waals surface area contributed by atoms with E-state index in [1.807, 2.05) is 12.1 Å². The van der Waals surface area contributed by atoms with Crippen LogP contribution in [0.3, 0.4) is 0 Å². The first-order valence-electron chi connectivity index (χ1n) is 14.3. The van der Waals surface area contributed by atoms with Crippen LogP contribution in [0.15, 0.2) is 12.1 Å². The fourth-order valence-corrected chi connectivity index (χ4v) is 8.78. The molecule has 5 fully saturated rings. The van der Waals surface area contributed by atoms with Gasteiger partial charge in [0.05, 0.1) is 6.10 Å². The van der Waals surface area contributed by atoms with Crippen LogP contribution in [0.4, 0.5) is 0 Å². The fraction of sp³-hybridized carbons (Fsp3) is 0.767. The molecule has 0 unspecified atom stereocenters. The zero-order valence-corrected chi connectivity index (χ0v) is 22.8. The average Bonchev–Trinajstić information content (AvgIpc) is 2.86. The molecule has 1 N–H and O–H groups in total. The Morgan fingerprint density at radius 1 is 0.973 bits per heavy atom. The Morgan fingerprint density at radius 3 is 2.35 bits per heavy atom. The molecule has 1 amide bonds. The third kappa shape index (κ3) is 4.76. The molecule has 37 heavy (non-hydrogen) atoms. The van der Waals surface area contributed by atoms with Crippen molar-refractivity contribution in [2.45, 2.75) is 88.9 Å². The molecule has 204 valence electrons. The summed E-state index contributed by atoms with van der Waals surface area (Å²) in [6, 6.07) is 4.14.